The predicted octanol–water partition coefficient (Wildman–Crippen LogP) is 10.1. The fourth-order valence-electron chi connectivity index (χ4n) is 7.60. The lowest BCUT2D eigenvalue weighted by atomic mass is 9.88. The number of aromatic nitrogens is 2. The van der Waals surface area contributed by atoms with Gasteiger partial charge in [0.15, 0.2) is 34.6 Å². The summed E-state index contributed by atoms with van der Waals surface area (Å²) in [6.07, 6.45) is 9.80. The zero-order chi connectivity index (χ0) is 42.2. The summed E-state index contributed by atoms with van der Waals surface area (Å²) in [6, 6.07) is 22.8. The summed E-state index contributed by atoms with van der Waals surface area (Å²) in [5.74, 6) is 0.613. The number of para-hydroxylation sites is 1. The molecule has 6 aromatic rings. The number of pyridine rings is 1. The number of methoxy groups -OCH3 is 1. The molecule has 61 heavy (non-hydrogen) atoms. The second kappa shape index (κ2) is 20.5. The molecular formula is C48H50ClF2N3O6S. The van der Waals surface area contributed by atoms with Gasteiger partial charge in [0.05, 0.1) is 30.7 Å². The highest BCUT2D eigenvalue weighted by Crippen LogP contribution is 2.49. The maximum absolute atomic E-state index is 15.4. The first kappa shape index (κ1) is 45.2. The molecule has 320 valence electrons. The van der Waals surface area contributed by atoms with E-state index in [1.807, 2.05) is 19.2 Å². The van der Waals surface area contributed by atoms with Crippen LogP contribution in [0.1, 0.15) is 61.6 Å². The summed E-state index contributed by atoms with van der Waals surface area (Å²) >= 11 is 1.32. The Labute approximate surface area is 364 Å². The van der Waals surface area contributed by atoms with E-state index in [-0.39, 0.29) is 47.7 Å². The third-order valence-corrected chi connectivity index (χ3v) is 12.3. The summed E-state index contributed by atoms with van der Waals surface area (Å²) in [5.41, 5.74) is 9.11. The highest BCUT2D eigenvalue weighted by molar-refractivity contribution is 8.13. The fourth-order valence-corrected chi connectivity index (χ4v) is 8.45. The van der Waals surface area contributed by atoms with Crippen molar-refractivity contribution in [2.24, 2.45) is 18.2 Å². The third-order valence-electron chi connectivity index (χ3n) is 11.2. The maximum atomic E-state index is 15.4. The lowest BCUT2D eigenvalue weighted by Gasteiger charge is -2.15. The van der Waals surface area contributed by atoms with Gasteiger partial charge in [0, 0.05) is 60.4 Å². The van der Waals surface area contributed by atoms with Crippen LogP contribution >= 0.6 is 24.2 Å². The average molecular weight is 870 g/mol. The molecule has 0 saturated heterocycles. The van der Waals surface area contributed by atoms with Crippen LogP contribution in [0, 0.1) is 17.0 Å². The number of benzene rings is 4. The second-order valence-electron chi connectivity index (χ2n) is 15.5. The van der Waals surface area contributed by atoms with Crippen LogP contribution < -0.4 is 19.9 Å². The summed E-state index contributed by atoms with van der Waals surface area (Å²) in [5, 5.41) is 1.76. The molecule has 7 rings (SSSR count). The van der Waals surface area contributed by atoms with E-state index < -0.39 is 23.1 Å². The van der Waals surface area contributed by atoms with Crippen LogP contribution in [0.25, 0.3) is 21.8 Å². The molecule has 2 aromatic heterocycles. The Morgan fingerprint density at radius 1 is 0.820 bits per heavy atom. The van der Waals surface area contributed by atoms with Gasteiger partial charge in [-0.15, -0.1) is 12.4 Å². The van der Waals surface area contributed by atoms with Gasteiger partial charge >= 0.3 is 0 Å². The lowest BCUT2D eigenvalue weighted by molar-refractivity contribution is -0.133. The number of nitrogens with zero attached hydrogens (tertiary/aromatic N) is 2. The fraction of sp³-hybridized carbons (Fsp3) is 0.333. The quantitative estimate of drug-likeness (QED) is 0.0556. The topological polar surface area (TPSA) is 123 Å². The Balaban J connectivity index is 0.00000622. The Morgan fingerprint density at radius 2 is 1.52 bits per heavy atom. The molecular weight excluding hydrogens is 820 g/mol. The number of halogens is 3. The van der Waals surface area contributed by atoms with Crippen LogP contribution in [0.5, 0.6) is 23.0 Å². The van der Waals surface area contributed by atoms with E-state index in [2.05, 4.69) is 27.9 Å². The van der Waals surface area contributed by atoms with Gasteiger partial charge in [0.1, 0.15) is 11.6 Å². The molecule has 0 bridgehead atoms. The van der Waals surface area contributed by atoms with Crippen LogP contribution in [0.2, 0.25) is 0 Å². The summed E-state index contributed by atoms with van der Waals surface area (Å²) in [6.45, 7) is 0.484. The first-order valence-corrected chi connectivity index (χ1v) is 21.4. The Hall–Kier alpha value is -5.30. The van der Waals surface area contributed by atoms with Crippen LogP contribution in [0.15, 0.2) is 97.3 Å². The minimum atomic E-state index is -1.07. The lowest BCUT2D eigenvalue weighted by Crippen LogP contribution is -2.30. The largest absolute Gasteiger partial charge is 0.493 e. The van der Waals surface area contributed by atoms with Crippen molar-refractivity contribution in [3.63, 3.8) is 0 Å². The van der Waals surface area contributed by atoms with Crippen LogP contribution in [-0.2, 0) is 40.7 Å². The van der Waals surface area contributed by atoms with E-state index in [1.54, 1.807) is 49.7 Å². The van der Waals surface area contributed by atoms with Gasteiger partial charge in [-0.1, -0.05) is 67.4 Å². The van der Waals surface area contributed by atoms with Crippen molar-refractivity contribution in [3.05, 3.63) is 126 Å². The van der Waals surface area contributed by atoms with Crippen molar-refractivity contribution < 1.29 is 37.4 Å². The standard InChI is InChI=1S/C48H49F2N3O6S.ClH/c1-53-30-33(35-10-6-7-11-40(35)53)27-38(51)47(56)60-23-9-5-3-4-8-22-58-44-29-39-36(28-43(44)57-2)41(18-21-52-39)59-42-17-14-32(24-37(42)50)26-46(55)48(19-20-48)45(54)25-31-12-15-34(49)16-13-31;/h6-7,10-18,21,24,28-30,38H,3-5,8-9,19-20,22-23,25-27,51H2,1-2H3;1H/t38-;/m1./s1. The van der Waals surface area contributed by atoms with Crippen molar-refractivity contribution in [2.75, 3.05) is 19.5 Å². The predicted molar refractivity (Wildman–Crippen MR) is 238 cm³/mol. The SMILES string of the molecule is COc1cc2c(Oc3ccc(CC(=O)C4(C(=O)Cc5ccc(F)cc5)CC4)cc3F)ccnc2cc1OCCCCCCCSC(=O)[C@H](N)Cc1cn(C)c2ccccc12.Cl. The molecule has 13 heteroatoms. The number of aryl methyl sites for hydroxylation is 1. The Bertz CT molecular complexity index is 2510. The van der Waals surface area contributed by atoms with Crippen molar-refractivity contribution in [3.8, 4) is 23.0 Å². The minimum Gasteiger partial charge on any atom is -0.493 e. The van der Waals surface area contributed by atoms with Crippen LogP contribution in [-0.4, -0.2) is 51.7 Å². The van der Waals surface area contributed by atoms with Crippen LogP contribution in [0.4, 0.5) is 8.78 Å². The Morgan fingerprint density at radius 3 is 2.26 bits per heavy atom. The number of hydrogen-bond acceptors (Lipinski definition) is 9. The second-order valence-corrected chi connectivity index (χ2v) is 16.6. The first-order chi connectivity index (χ1) is 29.0. The number of carbonyl (C=O) groups excluding carboxylic acids is 3. The summed E-state index contributed by atoms with van der Waals surface area (Å²) < 4.78 is 48.6. The van der Waals surface area contributed by atoms with E-state index in [9.17, 15) is 18.8 Å². The molecule has 2 N–H and O–H groups in total. The zero-order valence-electron chi connectivity index (χ0n) is 34.3. The van der Waals surface area contributed by atoms with Crippen molar-refractivity contribution in [1.82, 2.24) is 9.55 Å². The van der Waals surface area contributed by atoms with Gasteiger partial charge in [-0.05, 0) is 91.3 Å². The number of rotatable bonds is 21. The molecule has 0 spiro atoms. The number of ketones is 2. The normalized spacial score (nSPS) is 13.4. The first-order valence-electron chi connectivity index (χ1n) is 20.4. The molecule has 4 aromatic carbocycles. The smallest absolute Gasteiger partial charge is 0.205 e. The minimum absolute atomic E-state index is 0. The van der Waals surface area contributed by atoms with E-state index >= 15 is 4.39 Å². The summed E-state index contributed by atoms with van der Waals surface area (Å²) in [7, 11) is 3.55. The zero-order valence-corrected chi connectivity index (χ0v) is 35.9. The van der Waals surface area contributed by atoms with Gasteiger partial charge in [0.2, 0.25) is 5.12 Å². The molecule has 2 heterocycles. The molecule has 0 unspecified atom stereocenters. The maximum Gasteiger partial charge on any atom is 0.205 e. The van der Waals surface area contributed by atoms with E-state index in [0.717, 1.165) is 54.3 Å². The molecule has 9 nitrogen and oxygen atoms in total. The number of hydrogen-bond donors (Lipinski definition) is 1. The van der Waals surface area contributed by atoms with Crippen molar-refractivity contribution >= 4 is 62.7 Å². The highest BCUT2D eigenvalue weighted by atomic mass is 35.5. The van der Waals surface area contributed by atoms with Gasteiger partial charge < -0.3 is 24.5 Å². The molecule has 0 aliphatic heterocycles. The molecule has 0 amide bonds. The van der Waals surface area contributed by atoms with Gasteiger partial charge in [0.25, 0.3) is 0 Å². The number of thioether (sulfide) groups is 1. The number of carbonyl (C=O) groups is 3. The molecule has 1 aliphatic rings. The van der Waals surface area contributed by atoms with Gasteiger partial charge in [-0.2, -0.15) is 0 Å². The molecule has 1 atom stereocenters. The monoisotopic (exact) mass is 869 g/mol. The van der Waals surface area contributed by atoms with E-state index in [4.69, 9.17) is 19.9 Å². The number of ether oxygens (including phenoxy) is 3. The van der Waals surface area contributed by atoms with E-state index in [1.165, 1.54) is 36.0 Å². The number of fused-ring (bicyclic) bond motifs is 2. The molecule has 1 saturated carbocycles. The average Bonchev–Trinajstić information content (AvgIpc) is 4.01. The number of Topliss-reactive ketones (excluding diaryl/α,β-unsaturated/α-hetero) is 2. The molecule has 1 aliphatic carbocycles. The Kier molecular flexibility index (Phi) is 15.2. The molecule has 0 radical (unpaired) electrons. The van der Waals surface area contributed by atoms with Gasteiger partial charge in [-0.3, -0.25) is 19.4 Å². The van der Waals surface area contributed by atoms with Crippen LogP contribution in [0.3, 0.4) is 0 Å². The molecule has 1 fully saturated rings. The van der Waals surface area contributed by atoms with E-state index in [0.29, 0.717) is 65.1 Å². The van der Waals surface area contributed by atoms with Crippen molar-refractivity contribution in [1.29, 1.82) is 0 Å². The third kappa shape index (κ3) is 11.0. The number of unbranched alkanes of at least 4 members (excludes halogenated alkanes) is 4. The van der Waals surface area contributed by atoms with Crippen molar-refractivity contribution in [2.45, 2.75) is 70.3 Å². The summed E-state index contributed by atoms with van der Waals surface area (Å²) in [4.78, 5) is 43.6. The number of nitrogens with two attached hydrogens (primary N) is 1. The van der Waals surface area contributed by atoms with Gasteiger partial charge in [-0.25, -0.2) is 8.78 Å². The highest BCUT2D eigenvalue weighted by Gasteiger charge is 2.54.